The van der Waals surface area contributed by atoms with Crippen LogP contribution in [0.25, 0.3) is 5.57 Å². The van der Waals surface area contributed by atoms with E-state index in [1.165, 1.54) is 6.26 Å². The number of halogens is 2. The van der Waals surface area contributed by atoms with Crippen molar-refractivity contribution in [1.29, 1.82) is 0 Å². The number of hydrogen-bond donors (Lipinski definition) is 1. The maximum Gasteiger partial charge on any atom is 0.303 e. The van der Waals surface area contributed by atoms with Crippen molar-refractivity contribution in [2.24, 2.45) is 0 Å². The van der Waals surface area contributed by atoms with E-state index in [4.69, 9.17) is 14.3 Å². The van der Waals surface area contributed by atoms with Gasteiger partial charge in [-0.25, -0.2) is 8.78 Å². The molecule has 0 fully saturated rings. The molecule has 0 atom stereocenters. The Kier molecular flexibility index (Phi) is 5.87. The molecule has 1 aromatic heterocycles. The smallest absolute Gasteiger partial charge is 0.303 e. The number of alkyl halides is 2. The first-order valence-corrected chi connectivity index (χ1v) is 9.33. The molecule has 2 aromatic rings. The summed E-state index contributed by atoms with van der Waals surface area (Å²) in [5.74, 6) is -2.34. The Bertz CT molecular complexity index is 882. The van der Waals surface area contributed by atoms with Crippen LogP contribution >= 0.6 is 0 Å². The van der Waals surface area contributed by atoms with Gasteiger partial charge in [-0.1, -0.05) is 6.07 Å². The zero-order valence-corrected chi connectivity index (χ0v) is 16.1. The van der Waals surface area contributed by atoms with Gasteiger partial charge < -0.3 is 14.3 Å². The number of furan rings is 1. The van der Waals surface area contributed by atoms with Crippen LogP contribution in [0.5, 0.6) is 5.75 Å². The Balaban J connectivity index is 1.79. The van der Waals surface area contributed by atoms with E-state index in [2.05, 4.69) is 0 Å². The maximum absolute atomic E-state index is 14.0. The normalized spacial score (nSPS) is 16.3. The van der Waals surface area contributed by atoms with E-state index in [9.17, 15) is 13.6 Å². The molecule has 0 aliphatic heterocycles. The third kappa shape index (κ3) is 4.61. The van der Waals surface area contributed by atoms with Crippen LogP contribution in [0.2, 0.25) is 0 Å². The number of carboxylic acids is 1. The van der Waals surface area contributed by atoms with Gasteiger partial charge in [-0.05, 0) is 72.7 Å². The first kappa shape index (κ1) is 20.1. The Morgan fingerprint density at radius 1 is 1.25 bits per heavy atom. The number of ether oxygens (including phenoxy) is 1. The summed E-state index contributed by atoms with van der Waals surface area (Å²) < 4.78 is 39.3. The summed E-state index contributed by atoms with van der Waals surface area (Å²) in [5.41, 5.74) is 4.16. The minimum absolute atomic E-state index is 0.0644. The van der Waals surface area contributed by atoms with Gasteiger partial charge in [-0.15, -0.1) is 0 Å². The largest absolute Gasteiger partial charge is 0.489 e. The number of allylic oxidation sites excluding steroid dienone is 1. The topological polar surface area (TPSA) is 59.7 Å². The highest BCUT2D eigenvalue weighted by atomic mass is 19.3. The summed E-state index contributed by atoms with van der Waals surface area (Å²) >= 11 is 0. The number of rotatable bonds is 7. The molecular weight excluding hydrogens is 366 g/mol. The molecule has 4 nitrogen and oxygen atoms in total. The molecule has 0 saturated heterocycles. The number of hydrogen-bond acceptors (Lipinski definition) is 3. The van der Waals surface area contributed by atoms with Gasteiger partial charge in [-0.3, -0.25) is 4.79 Å². The molecule has 150 valence electrons. The van der Waals surface area contributed by atoms with Crippen molar-refractivity contribution in [3.8, 4) is 5.75 Å². The van der Waals surface area contributed by atoms with Crippen molar-refractivity contribution in [2.45, 2.75) is 51.9 Å². The fraction of sp³-hybridized carbons (Fsp3) is 0.409. The van der Waals surface area contributed by atoms with Crippen LogP contribution in [0.3, 0.4) is 0 Å². The summed E-state index contributed by atoms with van der Waals surface area (Å²) in [5, 5.41) is 8.86. The van der Waals surface area contributed by atoms with Crippen molar-refractivity contribution in [1.82, 2.24) is 0 Å². The Morgan fingerprint density at radius 2 is 2.04 bits per heavy atom. The van der Waals surface area contributed by atoms with E-state index in [-0.39, 0.29) is 32.3 Å². The standard InChI is InChI=1S/C22H24F2O4/c1-14-15(2)19(7-5-16(14)6-8-21(25)26)28-13-17-12-22(23,24)10-9-18(17)20-4-3-11-27-20/h3-5,7,11H,6,8-10,12-13H2,1-2H3,(H,25,26). The SMILES string of the molecule is Cc1c(CCC(=O)O)ccc(OCC2=C(c3ccco3)CCC(F)(F)C2)c1C. The van der Waals surface area contributed by atoms with Gasteiger partial charge >= 0.3 is 5.97 Å². The van der Waals surface area contributed by atoms with E-state index in [0.717, 1.165) is 22.3 Å². The van der Waals surface area contributed by atoms with Gasteiger partial charge in [0.05, 0.1) is 6.26 Å². The molecule has 0 amide bonds. The van der Waals surface area contributed by atoms with Crippen LogP contribution in [0, 0.1) is 13.8 Å². The summed E-state index contributed by atoms with van der Waals surface area (Å²) in [6, 6.07) is 7.16. The van der Waals surface area contributed by atoms with Crippen LogP contribution in [0.15, 0.2) is 40.5 Å². The van der Waals surface area contributed by atoms with Crippen LogP contribution in [0.4, 0.5) is 8.78 Å². The second kappa shape index (κ2) is 8.17. The zero-order valence-electron chi connectivity index (χ0n) is 16.1. The van der Waals surface area contributed by atoms with Crippen LogP contribution in [0.1, 0.15) is 48.1 Å². The van der Waals surface area contributed by atoms with Crippen LogP contribution in [-0.2, 0) is 11.2 Å². The van der Waals surface area contributed by atoms with Gasteiger partial charge in [-0.2, -0.15) is 0 Å². The molecule has 0 spiro atoms. The molecule has 0 radical (unpaired) electrons. The van der Waals surface area contributed by atoms with E-state index in [1.807, 2.05) is 19.9 Å². The molecule has 28 heavy (non-hydrogen) atoms. The molecule has 0 saturated carbocycles. The van der Waals surface area contributed by atoms with Gasteiger partial charge in [0.1, 0.15) is 18.1 Å². The molecule has 1 aliphatic carbocycles. The van der Waals surface area contributed by atoms with E-state index >= 15 is 0 Å². The average Bonchev–Trinajstić information content (AvgIpc) is 3.15. The molecule has 3 rings (SSSR count). The fourth-order valence-corrected chi connectivity index (χ4v) is 3.56. The average molecular weight is 390 g/mol. The molecule has 1 aromatic carbocycles. The quantitative estimate of drug-likeness (QED) is 0.672. The van der Waals surface area contributed by atoms with Crippen molar-refractivity contribution < 1.29 is 27.8 Å². The van der Waals surface area contributed by atoms with Crippen LogP contribution in [-0.4, -0.2) is 23.6 Å². The van der Waals surface area contributed by atoms with Crippen molar-refractivity contribution in [2.75, 3.05) is 6.61 Å². The molecule has 1 aliphatic rings. The monoisotopic (exact) mass is 390 g/mol. The fourth-order valence-electron chi connectivity index (χ4n) is 3.56. The number of aryl methyl sites for hydroxylation is 1. The highest BCUT2D eigenvalue weighted by Gasteiger charge is 2.36. The molecule has 0 unspecified atom stereocenters. The van der Waals surface area contributed by atoms with Gasteiger partial charge in [0.15, 0.2) is 0 Å². The number of aliphatic carboxylic acids is 1. The zero-order chi connectivity index (χ0) is 20.3. The Labute approximate surface area is 162 Å². The second-order valence-electron chi connectivity index (χ2n) is 7.25. The molecule has 6 heteroatoms. The first-order chi connectivity index (χ1) is 13.3. The third-order valence-corrected chi connectivity index (χ3v) is 5.32. The minimum Gasteiger partial charge on any atom is -0.489 e. The highest BCUT2D eigenvalue weighted by Crippen LogP contribution is 2.41. The lowest BCUT2D eigenvalue weighted by atomic mass is 9.88. The van der Waals surface area contributed by atoms with Crippen molar-refractivity contribution >= 4 is 11.5 Å². The molecule has 0 bridgehead atoms. The van der Waals surface area contributed by atoms with Gasteiger partial charge in [0.25, 0.3) is 5.92 Å². The van der Waals surface area contributed by atoms with E-state index < -0.39 is 11.9 Å². The molecule has 1 N–H and O–H groups in total. The lowest BCUT2D eigenvalue weighted by molar-refractivity contribution is -0.136. The summed E-state index contributed by atoms with van der Waals surface area (Å²) in [4.78, 5) is 10.8. The Hall–Kier alpha value is -2.63. The minimum atomic E-state index is -2.74. The lowest BCUT2D eigenvalue weighted by Crippen LogP contribution is -2.24. The van der Waals surface area contributed by atoms with Crippen molar-refractivity contribution in [3.05, 3.63) is 58.6 Å². The Morgan fingerprint density at radius 3 is 2.71 bits per heavy atom. The summed E-state index contributed by atoms with van der Waals surface area (Å²) in [6.07, 6.45) is 1.78. The first-order valence-electron chi connectivity index (χ1n) is 9.33. The van der Waals surface area contributed by atoms with Gasteiger partial charge in [0.2, 0.25) is 0 Å². The van der Waals surface area contributed by atoms with E-state index in [0.29, 0.717) is 23.5 Å². The number of carboxylic acid groups (broad SMARTS) is 1. The predicted molar refractivity (Wildman–Crippen MR) is 102 cm³/mol. The maximum atomic E-state index is 14.0. The number of benzene rings is 1. The predicted octanol–water partition coefficient (Wildman–Crippen LogP) is 5.57. The van der Waals surface area contributed by atoms with Gasteiger partial charge in [0, 0.05) is 19.3 Å². The van der Waals surface area contributed by atoms with Crippen LogP contribution < -0.4 is 4.74 Å². The lowest BCUT2D eigenvalue weighted by Gasteiger charge is -2.27. The van der Waals surface area contributed by atoms with E-state index in [1.54, 1.807) is 18.2 Å². The third-order valence-electron chi connectivity index (χ3n) is 5.32. The summed E-state index contributed by atoms with van der Waals surface area (Å²) in [7, 11) is 0. The molecular formula is C22H24F2O4. The number of carbonyl (C=O) groups is 1. The molecule has 1 heterocycles. The highest BCUT2D eigenvalue weighted by molar-refractivity contribution is 5.67. The summed E-state index contributed by atoms with van der Waals surface area (Å²) in [6.45, 7) is 3.88. The van der Waals surface area contributed by atoms with Crippen molar-refractivity contribution in [3.63, 3.8) is 0 Å². The second-order valence-corrected chi connectivity index (χ2v) is 7.25.